The Bertz CT molecular complexity index is 619. The first-order valence-electron chi connectivity index (χ1n) is 9.67. The van der Waals surface area contributed by atoms with Gasteiger partial charge in [-0.1, -0.05) is 19.8 Å². The molecule has 0 atom stereocenters. The van der Waals surface area contributed by atoms with E-state index in [-0.39, 0.29) is 11.8 Å². The number of nitrogens with zero attached hydrogens (tertiary/aromatic N) is 1. The van der Waals surface area contributed by atoms with Gasteiger partial charge in [-0.15, -0.1) is 0 Å². The van der Waals surface area contributed by atoms with Crippen molar-refractivity contribution >= 4 is 23.2 Å². The standard InChI is InChI=1S/C20H29N3O2/c1-2-3-4-7-19(24)21-16-10-11-18(23-12-5-6-13-23)17(14-16)20(25)22-15-8-9-15/h10-11,14-15H,2-9,12-13H2,1H3,(H,21,24)(H,22,25). The van der Waals surface area contributed by atoms with Gasteiger partial charge in [-0.25, -0.2) is 0 Å². The predicted molar refractivity (Wildman–Crippen MR) is 101 cm³/mol. The minimum absolute atomic E-state index is 0.0218. The van der Waals surface area contributed by atoms with Gasteiger partial charge < -0.3 is 15.5 Å². The number of carbonyl (C=O) groups is 2. The lowest BCUT2D eigenvalue weighted by atomic mass is 10.1. The fourth-order valence-corrected chi connectivity index (χ4v) is 3.28. The van der Waals surface area contributed by atoms with E-state index >= 15 is 0 Å². The Morgan fingerprint density at radius 3 is 2.60 bits per heavy atom. The average molecular weight is 343 g/mol. The summed E-state index contributed by atoms with van der Waals surface area (Å²) in [5, 5.41) is 6.02. The number of hydrogen-bond donors (Lipinski definition) is 2. The van der Waals surface area contributed by atoms with Crippen LogP contribution in [0.1, 0.15) is 68.6 Å². The van der Waals surface area contributed by atoms with Crippen LogP contribution in [0.3, 0.4) is 0 Å². The molecule has 0 radical (unpaired) electrons. The monoisotopic (exact) mass is 343 g/mol. The smallest absolute Gasteiger partial charge is 0.253 e. The molecule has 0 spiro atoms. The largest absolute Gasteiger partial charge is 0.371 e. The summed E-state index contributed by atoms with van der Waals surface area (Å²) in [5.74, 6) is 0.00223. The van der Waals surface area contributed by atoms with Gasteiger partial charge >= 0.3 is 0 Å². The second-order valence-electron chi connectivity index (χ2n) is 7.18. The number of benzene rings is 1. The molecule has 1 saturated heterocycles. The van der Waals surface area contributed by atoms with Crippen LogP contribution in [0.15, 0.2) is 18.2 Å². The molecule has 25 heavy (non-hydrogen) atoms. The van der Waals surface area contributed by atoms with Gasteiger partial charge in [0.15, 0.2) is 0 Å². The van der Waals surface area contributed by atoms with Crippen molar-refractivity contribution < 1.29 is 9.59 Å². The summed E-state index contributed by atoms with van der Waals surface area (Å²) >= 11 is 0. The molecule has 1 aliphatic carbocycles. The third-order valence-corrected chi connectivity index (χ3v) is 4.89. The third-order valence-electron chi connectivity index (χ3n) is 4.89. The van der Waals surface area contributed by atoms with E-state index in [9.17, 15) is 9.59 Å². The molecule has 2 amide bonds. The number of nitrogens with one attached hydrogen (secondary N) is 2. The van der Waals surface area contributed by atoms with Crippen molar-refractivity contribution in [2.75, 3.05) is 23.3 Å². The quantitative estimate of drug-likeness (QED) is 0.708. The average Bonchev–Trinajstić information content (AvgIpc) is 3.24. The molecule has 1 heterocycles. The van der Waals surface area contributed by atoms with Gasteiger partial charge in [0.25, 0.3) is 5.91 Å². The van der Waals surface area contributed by atoms with Crippen molar-refractivity contribution in [1.82, 2.24) is 5.32 Å². The predicted octanol–water partition coefficient (Wildman–Crippen LogP) is 3.70. The summed E-state index contributed by atoms with van der Waals surface area (Å²) in [7, 11) is 0. The highest BCUT2D eigenvalue weighted by Crippen LogP contribution is 2.29. The normalized spacial score (nSPS) is 16.8. The Morgan fingerprint density at radius 1 is 1.16 bits per heavy atom. The summed E-state index contributed by atoms with van der Waals surface area (Å²) in [4.78, 5) is 27.0. The molecular formula is C20H29N3O2. The van der Waals surface area contributed by atoms with Crippen LogP contribution >= 0.6 is 0 Å². The van der Waals surface area contributed by atoms with Gasteiger partial charge in [0, 0.05) is 36.9 Å². The Kier molecular flexibility index (Phi) is 5.95. The van der Waals surface area contributed by atoms with Gasteiger partial charge in [-0.05, 0) is 50.3 Å². The number of anilines is 2. The minimum Gasteiger partial charge on any atom is -0.371 e. The van der Waals surface area contributed by atoms with E-state index in [0.29, 0.717) is 23.7 Å². The molecule has 3 rings (SSSR count). The van der Waals surface area contributed by atoms with Crippen molar-refractivity contribution in [2.24, 2.45) is 0 Å². The summed E-state index contributed by atoms with van der Waals surface area (Å²) < 4.78 is 0. The van der Waals surface area contributed by atoms with E-state index < -0.39 is 0 Å². The molecule has 5 heteroatoms. The highest BCUT2D eigenvalue weighted by Gasteiger charge is 2.26. The summed E-state index contributed by atoms with van der Waals surface area (Å²) in [5.41, 5.74) is 2.38. The number of amides is 2. The topological polar surface area (TPSA) is 61.4 Å². The Hall–Kier alpha value is -2.04. The number of carbonyl (C=O) groups excluding carboxylic acids is 2. The molecular weight excluding hydrogens is 314 g/mol. The molecule has 0 aromatic heterocycles. The fourth-order valence-electron chi connectivity index (χ4n) is 3.28. The molecule has 136 valence electrons. The first-order valence-corrected chi connectivity index (χ1v) is 9.67. The summed E-state index contributed by atoms with van der Waals surface area (Å²) in [6, 6.07) is 6.06. The van der Waals surface area contributed by atoms with Crippen molar-refractivity contribution in [3.63, 3.8) is 0 Å². The molecule has 1 aromatic carbocycles. The first-order chi connectivity index (χ1) is 12.2. The van der Waals surface area contributed by atoms with Crippen molar-refractivity contribution in [1.29, 1.82) is 0 Å². The molecule has 1 aliphatic heterocycles. The second-order valence-corrected chi connectivity index (χ2v) is 7.18. The number of unbranched alkanes of at least 4 members (excludes halogenated alkanes) is 2. The molecule has 1 saturated carbocycles. The maximum absolute atomic E-state index is 12.7. The highest BCUT2D eigenvalue weighted by molar-refractivity contribution is 6.02. The highest BCUT2D eigenvalue weighted by atomic mass is 16.2. The SMILES string of the molecule is CCCCCC(=O)Nc1ccc(N2CCCC2)c(C(=O)NC2CC2)c1. The lowest BCUT2D eigenvalue weighted by Gasteiger charge is -2.22. The van der Waals surface area contributed by atoms with Crippen LogP contribution < -0.4 is 15.5 Å². The van der Waals surface area contributed by atoms with Crippen LogP contribution in [0.5, 0.6) is 0 Å². The van der Waals surface area contributed by atoms with E-state index in [1.54, 1.807) is 0 Å². The van der Waals surface area contributed by atoms with E-state index in [4.69, 9.17) is 0 Å². The van der Waals surface area contributed by atoms with Gasteiger partial charge in [0.1, 0.15) is 0 Å². The summed E-state index contributed by atoms with van der Waals surface area (Å²) in [6.07, 6.45) is 8.07. The van der Waals surface area contributed by atoms with Crippen molar-refractivity contribution in [3.8, 4) is 0 Å². The molecule has 0 unspecified atom stereocenters. The molecule has 5 nitrogen and oxygen atoms in total. The van der Waals surface area contributed by atoms with Crippen LogP contribution in [0.25, 0.3) is 0 Å². The van der Waals surface area contributed by atoms with E-state index in [1.165, 1.54) is 12.8 Å². The number of hydrogen-bond acceptors (Lipinski definition) is 3. The maximum Gasteiger partial charge on any atom is 0.253 e. The maximum atomic E-state index is 12.7. The lowest BCUT2D eigenvalue weighted by Crippen LogP contribution is -2.29. The van der Waals surface area contributed by atoms with Crippen molar-refractivity contribution in [3.05, 3.63) is 23.8 Å². The molecule has 2 aliphatic rings. The lowest BCUT2D eigenvalue weighted by molar-refractivity contribution is -0.116. The van der Waals surface area contributed by atoms with E-state index in [0.717, 1.165) is 50.9 Å². The van der Waals surface area contributed by atoms with Crippen LogP contribution in [0, 0.1) is 0 Å². The molecule has 2 N–H and O–H groups in total. The zero-order valence-corrected chi connectivity index (χ0v) is 15.1. The Morgan fingerprint density at radius 2 is 1.92 bits per heavy atom. The van der Waals surface area contributed by atoms with Crippen LogP contribution in [-0.4, -0.2) is 30.9 Å². The molecule has 2 fully saturated rings. The van der Waals surface area contributed by atoms with Gasteiger partial charge in [-0.2, -0.15) is 0 Å². The molecule has 1 aromatic rings. The molecule has 0 bridgehead atoms. The van der Waals surface area contributed by atoms with Gasteiger partial charge in [-0.3, -0.25) is 9.59 Å². The van der Waals surface area contributed by atoms with E-state index in [1.807, 2.05) is 18.2 Å². The zero-order chi connectivity index (χ0) is 17.6. The third kappa shape index (κ3) is 4.97. The first kappa shape index (κ1) is 17.8. The van der Waals surface area contributed by atoms with Crippen LogP contribution in [0.4, 0.5) is 11.4 Å². The van der Waals surface area contributed by atoms with Crippen molar-refractivity contribution in [2.45, 2.75) is 64.3 Å². The zero-order valence-electron chi connectivity index (χ0n) is 15.1. The van der Waals surface area contributed by atoms with E-state index in [2.05, 4.69) is 22.5 Å². The second kappa shape index (κ2) is 8.37. The number of rotatable bonds is 8. The van der Waals surface area contributed by atoms with Gasteiger partial charge in [0.05, 0.1) is 5.56 Å². The summed E-state index contributed by atoms with van der Waals surface area (Å²) in [6.45, 7) is 4.11. The fraction of sp³-hybridized carbons (Fsp3) is 0.600. The minimum atomic E-state index is -0.0218. The van der Waals surface area contributed by atoms with Crippen LogP contribution in [0.2, 0.25) is 0 Å². The Labute approximate surface area is 150 Å². The van der Waals surface area contributed by atoms with Crippen LogP contribution in [-0.2, 0) is 4.79 Å². The Balaban J connectivity index is 1.73. The van der Waals surface area contributed by atoms with Gasteiger partial charge in [0.2, 0.25) is 5.91 Å².